The zero-order valence-corrected chi connectivity index (χ0v) is 11.6. The predicted molar refractivity (Wildman–Crippen MR) is 71.2 cm³/mol. The van der Waals surface area contributed by atoms with Gasteiger partial charge in [-0.15, -0.1) is 5.10 Å². The van der Waals surface area contributed by atoms with Crippen LogP contribution in [0.3, 0.4) is 0 Å². The molecule has 0 amide bonds. The summed E-state index contributed by atoms with van der Waals surface area (Å²) >= 11 is 6.01. The summed E-state index contributed by atoms with van der Waals surface area (Å²) in [5, 5.41) is 11.1. The van der Waals surface area contributed by atoms with Crippen molar-refractivity contribution in [2.45, 2.75) is 31.6 Å². The number of hydrogen-bond donors (Lipinski definition) is 1. The second-order valence-electron chi connectivity index (χ2n) is 4.96. The molecule has 0 atom stereocenters. The first-order valence-corrected chi connectivity index (χ1v) is 6.83. The third-order valence-corrected chi connectivity index (χ3v) is 3.59. The van der Waals surface area contributed by atoms with Crippen LogP contribution >= 0.6 is 11.6 Å². The summed E-state index contributed by atoms with van der Waals surface area (Å²) in [7, 11) is 0. The first-order valence-electron chi connectivity index (χ1n) is 6.45. The molecule has 0 unspecified atom stereocenters. The monoisotopic (exact) mass is 316 g/mol. The van der Waals surface area contributed by atoms with E-state index < -0.39 is 11.7 Å². The van der Waals surface area contributed by atoms with Crippen molar-refractivity contribution in [2.24, 2.45) is 0 Å². The lowest BCUT2D eigenvalue weighted by atomic mass is 10.2. The number of benzene rings is 1. The largest absolute Gasteiger partial charge is 0.416 e. The van der Waals surface area contributed by atoms with E-state index >= 15 is 0 Å². The predicted octanol–water partition coefficient (Wildman–Crippen LogP) is 3.19. The topological polar surface area (TPSA) is 42.7 Å². The summed E-state index contributed by atoms with van der Waals surface area (Å²) in [5.41, 5.74) is 0.0817. The minimum absolute atomic E-state index is 0.177. The van der Waals surface area contributed by atoms with Crippen LogP contribution in [0.15, 0.2) is 24.4 Å². The van der Waals surface area contributed by atoms with Crippen LogP contribution in [-0.4, -0.2) is 21.0 Å². The molecule has 2 aromatic rings. The van der Waals surface area contributed by atoms with Gasteiger partial charge in [-0.3, -0.25) is 0 Å². The highest BCUT2D eigenvalue weighted by Crippen LogP contribution is 2.33. The van der Waals surface area contributed by atoms with Crippen LogP contribution in [0.4, 0.5) is 13.2 Å². The highest BCUT2D eigenvalue weighted by atomic mass is 35.5. The summed E-state index contributed by atoms with van der Waals surface area (Å²) in [6, 6.07) is 3.63. The Balaban J connectivity index is 1.93. The lowest BCUT2D eigenvalue weighted by Crippen LogP contribution is -2.18. The lowest BCUT2D eigenvalue weighted by Gasteiger charge is -2.12. The Labute approximate surface area is 123 Å². The second kappa shape index (κ2) is 5.31. The van der Waals surface area contributed by atoms with E-state index in [0.717, 1.165) is 25.0 Å². The Morgan fingerprint density at radius 1 is 1.33 bits per heavy atom. The zero-order chi connectivity index (χ0) is 15.0. The van der Waals surface area contributed by atoms with E-state index in [-0.39, 0.29) is 10.7 Å². The Hall–Kier alpha value is -1.60. The summed E-state index contributed by atoms with van der Waals surface area (Å²) in [5.74, 6) is 0. The van der Waals surface area contributed by atoms with E-state index in [2.05, 4.69) is 15.6 Å². The van der Waals surface area contributed by atoms with Gasteiger partial charge in [0.1, 0.15) is 0 Å². The molecule has 0 radical (unpaired) electrons. The van der Waals surface area contributed by atoms with Crippen LogP contribution < -0.4 is 5.32 Å². The molecule has 3 rings (SSSR count). The SMILES string of the molecule is FC(F)(F)c1ccc(Cl)c(-n2nncc2CNC2CC2)c1. The van der Waals surface area contributed by atoms with Gasteiger partial charge in [0, 0.05) is 12.6 Å². The maximum atomic E-state index is 12.8. The average molecular weight is 317 g/mol. The summed E-state index contributed by atoms with van der Waals surface area (Å²) in [4.78, 5) is 0. The van der Waals surface area contributed by atoms with Gasteiger partial charge in [0.2, 0.25) is 0 Å². The van der Waals surface area contributed by atoms with Crippen LogP contribution in [0.2, 0.25) is 5.02 Å². The average Bonchev–Trinajstić information content (AvgIpc) is 3.13. The van der Waals surface area contributed by atoms with Crippen LogP contribution in [-0.2, 0) is 12.7 Å². The molecule has 21 heavy (non-hydrogen) atoms. The summed E-state index contributed by atoms with van der Waals surface area (Å²) in [6.07, 6.45) is -0.671. The summed E-state index contributed by atoms with van der Waals surface area (Å²) in [6.45, 7) is 0.490. The van der Waals surface area contributed by atoms with Crippen LogP contribution in [0, 0.1) is 0 Å². The Morgan fingerprint density at radius 3 is 2.76 bits per heavy atom. The molecule has 4 nitrogen and oxygen atoms in total. The van der Waals surface area contributed by atoms with Gasteiger partial charge in [0.15, 0.2) is 0 Å². The minimum atomic E-state index is -4.42. The van der Waals surface area contributed by atoms with Crippen molar-refractivity contribution in [3.05, 3.63) is 40.7 Å². The number of halogens is 4. The minimum Gasteiger partial charge on any atom is -0.308 e. The number of nitrogens with one attached hydrogen (secondary N) is 1. The van der Waals surface area contributed by atoms with Crippen molar-refractivity contribution in [3.63, 3.8) is 0 Å². The Morgan fingerprint density at radius 2 is 2.10 bits per heavy atom. The van der Waals surface area contributed by atoms with E-state index in [1.807, 2.05) is 0 Å². The fourth-order valence-corrected chi connectivity index (χ4v) is 2.16. The molecule has 8 heteroatoms. The molecular formula is C13H12ClF3N4. The van der Waals surface area contributed by atoms with Gasteiger partial charge < -0.3 is 5.32 Å². The molecule has 1 fully saturated rings. The van der Waals surface area contributed by atoms with Gasteiger partial charge in [-0.2, -0.15) is 13.2 Å². The van der Waals surface area contributed by atoms with Crippen molar-refractivity contribution in [3.8, 4) is 5.69 Å². The molecule has 0 bridgehead atoms. The van der Waals surface area contributed by atoms with E-state index in [1.54, 1.807) is 0 Å². The number of alkyl halides is 3. The Kier molecular flexibility index (Phi) is 3.62. The van der Waals surface area contributed by atoms with Gasteiger partial charge in [-0.05, 0) is 31.0 Å². The molecule has 1 aromatic heterocycles. The van der Waals surface area contributed by atoms with Crippen molar-refractivity contribution in [1.82, 2.24) is 20.3 Å². The van der Waals surface area contributed by atoms with Gasteiger partial charge in [0.05, 0.1) is 28.2 Å². The first-order chi connectivity index (χ1) is 9.95. The molecule has 1 aliphatic carbocycles. The molecule has 0 saturated heterocycles. The van der Waals surface area contributed by atoms with Crippen LogP contribution in [0.25, 0.3) is 5.69 Å². The van der Waals surface area contributed by atoms with Crippen molar-refractivity contribution < 1.29 is 13.2 Å². The standard InChI is InChI=1S/C13H12ClF3N4/c14-11-4-1-8(13(15,16)17)5-12(11)21-10(7-19-20-21)6-18-9-2-3-9/h1,4-5,7,9,18H,2-3,6H2. The quantitative estimate of drug-likeness (QED) is 0.942. The van der Waals surface area contributed by atoms with E-state index in [1.165, 1.54) is 16.9 Å². The number of rotatable bonds is 4. The van der Waals surface area contributed by atoms with Crippen molar-refractivity contribution in [2.75, 3.05) is 0 Å². The van der Waals surface area contributed by atoms with Crippen molar-refractivity contribution >= 4 is 11.6 Å². The maximum absolute atomic E-state index is 12.8. The molecule has 1 N–H and O–H groups in total. The van der Waals surface area contributed by atoms with Crippen molar-refractivity contribution in [1.29, 1.82) is 0 Å². The molecule has 1 saturated carbocycles. The molecule has 1 heterocycles. The van der Waals surface area contributed by atoms with Crippen LogP contribution in [0.1, 0.15) is 24.1 Å². The van der Waals surface area contributed by atoms with Gasteiger partial charge >= 0.3 is 6.18 Å². The molecule has 1 aromatic carbocycles. The van der Waals surface area contributed by atoms with Gasteiger partial charge in [0.25, 0.3) is 0 Å². The molecule has 112 valence electrons. The van der Waals surface area contributed by atoms with Crippen LogP contribution in [0.5, 0.6) is 0 Å². The third kappa shape index (κ3) is 3.19. The molecule has 0 spiro atoms. The number of nitrogens with zero attached hydrogens (tertiary/aromatic N) is 3. The van der Waals surface area contributed by atoms with E-state index in [0.29, 0.717) is 18.3 Å². The normalized spacial score (nSPS) is 15.4. The fraction of sp³-hybridized carbons (Fsp3) is 0.385. The van der Waals surface area contributed by atoms with Gasteiger partial charge in [-0.25, -0.2) is 4.68 Å². The van der Waals surface area contributed by atoms with E-state index in [4.69, 9.17) is 11.6 Å². The van der Waals surface area contributed by atoms with Gasteiger partial charge in [-0.1, -0.05) is 16.8 Å². The zero-order valence-electron chi connectivity index (χ0n) is 10.9. The second-order valence-corrected chi connectivity index (χ2v) is 5.36. The molecular weight excluding hydrogens is 305 g/mol. The fourth-order valence-electron chi connectivity index (χ4n) is 1.97. The number of hydrogen-bond acceptors (Lipinski definition) is 3. The molecule has 0 aliphatic heterocycles. The van der Waals surface area contributed by atoms with E-state index in [9.17, 15) is 13.2 Å². The summed E-state index contributed by atoms with van der Waals surface area (Å²) < 4.78 is 39.7. The third-order valence-electron chi connectivity index (χ3n) is 3.27. The Bertz CT molecular complexity index is 649. The highest BCUT2D eigenvalue weighted by Gasteiger charge is 2.31. The lowest BCUT2D eigenvalue weighted by molar-refractivity contribution is -0.137. The smallest absolute Gasteiger partial charge is 0.308 e. The number of aromatic nitrogens is 3. The first kappa shape index (κ1) is 14.3. The highest BCUT2D eigenvalue weighted by molar-refractivity contribution is 6.32. The molecule has 1 aliphatic rings. The maximum Gasteiger partial charge on any atom is 0.416 e.